The molecule has 0 fully saturated rings. The number of H-pyrrole nitrogens is 2. The topological polar surface area (TPSA) is 78.2 Å². The number of nitrogens with zero attached hydrogens (tertiary/aromatic N) is 1. The molecule has 0 unspecified atom stereocenters. The monoisotopic (exact) mass is 323 g/mol. The number of hydrogen-bond acceptors (Lipinski definition) is 3. The van der Waals surface area contributed by atoms with E-state index in [1.165, 1.54) is 25.1 Å². The van der Waals surface area contributed by atoms with Gasteiger partial charge in [-0.25, -0.2) is 0 Å². The van der Waals surface area contributed by atoms with Crippen molar-refractivity contribution in [3.05, 3.63) is 63.7 Å². The Labute approximate surface area is 138 Å². The average molecular weight is 323 g/mol. The number of hydrogen-bond donors (Lipinski definition) is 2. The smallest absolute Gasteiger partial charge is 0.270 e. The molecule has 122 valence electrons. The highest BCUT2D eigenvalue weighted by atomic mass is 16.5. The lowest BCUT2D eigenvalue weighted by atomic mass is 10.0. The molecule has 0 saturated carbocycles. The Hall–Kier alpha value is -3.02. The number of methoxy groups -OCH3 is 1. The van der Waals surface area contributed by atoms with Crippen LogP contribution < -0.4 is 10.2 Å². The van der Waals surface area contributed by atoms with Gasteiger partial charge in [0, 0.05) is 53.9 Å². The summed E-state index contributed by atoms with van der Waals surface area (Å²) >= 11 is 0. The molecule has 1 aliphatic rings. The fourth-order valence-electron chi connectivity index (χ4n) is 3.25. The van der Waals surface area contributed by atoms with Gasteiger partial charge in [0.15, 0.2) is 5.75 Å². The lowest BCUT2D eigenvalue weighted by Crippen LogP contribution is -2.36. The van der Waals surface area contributed by atoms with Gasteiger partial charge in [0.25, 0.3) is 5.91 Å². The van der Waals surface area contributed by atoms with Crippen LogP contribution in [0.3, 0.4) is 0 Å². The number of carbonyl (C=O) groups is 1. The number of nitrogens with one attached hydrogen (secondary N) is 2. The third-order valence-electron chi connectivity index (χ3n) is 4.50. The zero-order valence-electron chi connectivity index (χ0n) is 13.3. The van der Waals surface area contributed by atoms with E-state index in [1.807, 2.05) is 18.2 Å². The van der Waals surface area contributed by atoms with E-state index in [2.05, 4.69) is 16.0 Å². The van der Waals surface area contributed by atoms with Gasteiger partial charge in [0.1, 0.15) is 5.69 Å². The van der Waals surface area contributed by atoms with E-state index in [0.717, 1.165) is 22.9 Å². The number of amides is 1. The molecule has 3 heterocycles. The summed E-state index contributed by atoms with van der Waals surface area (Å²) in [5.74, 6) is 0.0230. The standard InChI is InChI=1S/C18H17N3O3/c1-24-17-9-19-15(8-16(17)22)18(23)21-7-6-14-12(10-21)11-4-2-3-5-13(11)20-14/h2-5,8-9,20H,6-7,10H2,1H3,(H,19,22). The molecule has 1 aliphatic heterocycles. The van der Waals surface area contributed by atoms with E-state index in [4.69, 9.17) is 4.74 Å². The first-order chi connectivity index (χ1) is 11.7. The van der Waals surface area contributed by atoms with Crippen LogP contribution in [0, 0.1) is 0 Å². The maximum absolute atomic E-state index is 12.7. The van der Waals surface area contributed by atoms with E-state index in [9.17, 15) is 9.59 Å². The number of fused-ring (bicyclic) bond motifs is 3. The van der Waals surface area contributed by atoms with E-state index in [1.54, 1.807) is 4.90 Å². The van der Waals surface area contributed by atoms with Gasteiger partial charge in [0.05, 0.1) is 7.11 Å². The minimum atomic E-state index is -0.301. The second-order valence-corrected chi connectivity index (χ2v) is 5.88. The molecule has 2 N–H and O–H groups in total. The van der Waals surface area contributed by atoms with Crippen molar-refractivity contribution in [1.29, 1.82) is 0 Å². The Bertz CT molecular complexity index is 987. The van der Waals surface area contributed by atoms with Crippen molar-refractivity contribution in [3.8, 4) is 5.75 Å². The van der Waals surface area contributed by atoms with Crippen LogP contribution in [0.2, 0.25) is 0 Å². The quantitative estimate of drug-likeness (QED) is 0.758. The van der Waals surface area contributed by atoms with Crippen LogP contribution in [-0.2, 0) is 13.0 Å². The highest BCUT2D eigenvalue weighted by Gasteiger charge is 2.25. The van der Waals surface area contributed by atoms with Gasteiger partial charge < -0.3 is 19.6 Å². The molecular weight excluding hydrogens is 306 g/mol. The second-order valence-electron chi connectivity index (χ2n) is 5.88. The fourth-order valence-corrected chi connectivity index (χ4v) is 3.25. The molecule has 24 heavy (non-hydrogen) atoms. The Morgan fingerprint density at radius 2 is 2.12 bits per heavy atom. The number of carbonyl (C=O) groups excluding carboxylic acids is 1. The maximum Gasteiger partial charge on any atom is 0.270 e. The molecule has 1 amide bonds. The van der Waals surface area contributed by atoms with E-state index >= 15 is 0 Å². The highest BCUT2D eigenvalue weighted by Crippen LogP contribution is 2.28. The van der Waals surface area contributed by atoms with Gasteiger partial charge in [-0.05, 0) is 6.07 Å². The van der Waals surface area contributed by atoms with Crippen molar-refractivity contribution >= 4 is 16.8 Å². The van der Waals surface area contributed by atoms with Crippen molar-refractivity contribution in [1.82, 2.24) is 14.9 Å². The Balaban J connectivity index is 1.65. The van der Waals surface area contributed by atoms with Gasteiger partial charge in [-0.15, -0.1) is 0 Å². The Morgan fingerprint density at radius 1 is 1.29 bits per heavy atom. The molecule has 3 aromatic rings. The molecule has 0 bridgehead atoms. The summed E-state index contributed by atoms with van der Waals surface area (Å²) in [6.07, 6.45) is 2.20. The summed E-state index contributed by atoms with van der Waals surface area (Å²) in [5.41, 5.74) is 3.41. The van der Waals surface area contributed by atoms with Gasteiger partial charge in [-0.2, -0.15) is 0 Å². The number of pyridine rings is 1. The van der Waals surface area contributed by atoms with Crippen molar-refractivity contribution in [2.45, 2.75) is 13.0 Å². The highest BCUT2D eigenvalue weighted by molar-refractivity contribution is 5.93. The van der Waals surface area contributed by atoms with Crippen LogP contribution in [-0.4, -0.2) is 34.4 Å². The van der Waals surface area contributed by atoms with Crippen LogP contribution in [0.15, 0.2) is 41.3 Å². The maximum atomic E-state index is 12.7. The van der Waals surface area contributed by atoms with Crippen molar-refractivity contribution in [2.24, 2.45) is 0 Å². The zero-order valence-corrected chi connectivity index (χ0v) is 13.3. The van der Waals surface area contributed by atoms with Crippen LogP contribution in [0.1, 0.15) is 21.7 Å². The van der Waals surface area contributed by atoms with E-state index in [-0.39, 0.29) is 22.8 Å². The number of benzene rings is 1. The third kappa shape index (κ3) is 2.27. The summed E-state index contributed by atoms with van der Waals surface area (Å²) < 4.78 is 4.94. The molecular formula is C18H17N3O3. The van der Waals surface area contributed by atoms with E-state index in [0.29, 0.717) is 13.1 Å². The molecule has 6 heteroatoms. The van der Waals surface area contributed by atoms with Gasteiger partial charge >= 0.3 is 0 Å². The van der Waals surface area contributed by atoms with E-state index < -0.39 is 0 Å². The predicted octanol–water partition coefficient (Wildman–Crippen LogP) is 2.06. The average Bonchev–Trinajstić information content (AvgIpc) is 2.99. The lowest BCUT2D eigenvalue weighted by Gasteiger charge is -2.27. The molecule has 0 saturated heterocycles. The first-order valence-electron chi connectivity index (χ1n) is 7.82. The second kappa shape index (κ2) is 5.56. The number of aromatic amines is 2. The zero-order chi connectivity index (χ0) is 16.7. The van der Waals surface area contributed by atoms with Gasteiger partial charge in [0.2, 0.25) is 5.43 Å². The number of aromatic nitrogens is 2. The first-order valence-corrected chi connectivity index (χ1v) is 7.82. The van der Waals surface area contributed by atoms with Gasteiger partial charge in [-0.1, -0.05) is 18.2 Å². The van der Waals surface area contributed by atoms with Crippen molar-refractivity contribution < 1.29 is 9.53 Å². The molecule has 0 radical (unpaired) electrons. The minimum absolute atomic E-state index is 0.175. The largest absolute Gasteiger partial charge is 0.491 e. The molecule has 0 aliphatic carbocycles. The Morgan fingerprint density at radius 3 is 2.92 bits per heavy atom. The molecule has 2 aromatic heterocycles. The van der Waals surface area contributed by atoms with Gasteiger partial charge in [-0.3, -0.25) is 9.59 Å². The molecule has 0 atom stereocenters. The van der Waals surface area contributed by atoms with Crippen molar-refractivity contribution in [2.75, 3.05) is 13.7 Å². The third-order valence-corrected chi connectivity index (χ3v) is 4.50. The first kappa shape index (κ1) is 14.6. The van der Waals surface area contributed by atoms with Crippen molar-refractivity contribution in [3.63, 3.8) is 0 Å². The number of para-hydroxylation sites is 1. The molecule has 4 rings (SSSR count). The lowest BCUT2D eigenvalue weighted by molar-refractivity contribution is 0.0729. The SMILES string of the molecule is COc1c[nH]c(C(=O)N2CCc3[nH]c4ccccc4c3C2)cc1=O. The van der Waals surface area contributed by atoms with Crippen LogP contribution >= 0.6 is 0 Å². The summed E-state index contributed by atoms with van der Waals surface area (Å²) in [7, 11) is 1.43. The number of ether oxygens (including phenoxy) is 1. The number of rotatable bonds is 2. The summed E-state index contributed by atoms with van der Waals surface area (Å²) in [5, 5.41) is 1.15. The normalized spacial score (nSPS) is 13.8. The summed E-state index contributed by atoms with van der Waals surface area (Å²) in [6, 6.07) is 9.40. The minimum Gasteiger partial charge on any atom is -0.491 e. The summed E-state index contributed by atoms with van der Waals surface area (Å²) in [4.78, 5) is 32.6. The molecule has 1 aromatic carbocycles. The predicted molar refractivity (Wildman–Crippen MR) is 90.4 cm³/mol. The summed E-state index contributed by atoms with van der Waals surface area (Å²) in [6.45, 7) is 1.15. The molecule has 6 nitrogen and oxygen atoms in total. The fraction of sp³-hybridized carbons (Fsp3) is 0.222. The molecule has 0 spiro atoms. The Kier molecular flexibility index (Phi) is 3.37. The van der Waals surface area contributed by atoms with Crippen LogP contribution in [0.25, 0.3) is 10.9 Å². The van der Waals surface area contributed by atoms with Crippen LogP contribution in [0.4, 0.5) is 0 Å². The van der Waals surface area contributed by atoms with Crippen LogP contribution in [0.5, 0.6) is 5.75 Å².